The molecular formula is C13H24N2. The van der Waals surface area contributed by atoms with Gasteiger partial charge in [0.25, 0.3) is 0 Å². The fourth-order valence-corrected chi connectivity index (χ4v) is 2.59. The molecule has 0 heterocycles. The molecule has 0 amide bonds. The molecule has 0 radical (unpaired) electrons. The SMILES string of the molecule is CC(CN=C(N)C1CCCCC1)C1CC1. The minimum Gasteiger partial charge on any atom is -0.387 e. The number of amidine groups is 1. The summed E-state index contributed by atoms with van der Waals surface area (Å²) in [5, 5.41) is 0. The number of hydrogen-bond donors (Lipinski definition) is 1. The number of nitrogens with two attached hydrogens (primary N) is 1. The first-order valence-electron chi connectivity index (χ1n) is 6.57. The lowest BCUT2D eigenvalue weighted by molar-refractivity contribution is 0.434. The summed E-state index contributed by atoms with van der Waals surface area (Å²) in [6.45, 7) is 3.28. The van der Waals surface area contributed by atoms with Crippen molar-refractivity contribution in [1.29, 1.82) is 0 Å². The molecule has 0 bridgehead atoms. The van der Waals surface area contributed by atoms with E-state index in [2.05, 4.69) is 11.9 Å². The molecule has 0 saturated heterocycles. The Balaban J connectivity index is 1.77. The highest BCUT2D eigenvalue weighted by molar-refractivity contribution is 5.82. The highest BCUT2D eigenvalue weighted by atomic mass is 14.9. The van der Waals surface area contributed by atoms with E-state index in [-0.39, 0.29) is 0 Å². The van der Waals surface area contributed by atoms with Crippen molar-refractivity contribution in [3.63, 3.8) is 0 Å². The summed E-state index contributed by atoms with van der Waals surface area (Å²) in [6.07, 6.45) is 9.46. The zero-order chi connectivity index (χ0) is 10.7. The Kier molecular flexibility index (Phi) is 3.66. The molecule has 0 aromatic rings. The Morgan fingerprint density at radius 1 is 1.20 bits per heavy atom. The summed E-state index contributed by atoms with van der Waals surface area (Å²) in [7, 11) is 0. The minimum absolute atomic E-state index is 0.602. The third kappa shape index (κ3) is 3.22. The van der Waals surface area contributed by atoms with E-state index in [1.165, 1.54) is 44.9 Å². The van der Waals surface area contributed by atoms with E-state index in [4.69, 9.17) is 5.73 Å². The zero-order valence-electron chi connectivity index (χ0n) is 9.91. The van der Waals surface area contributed by atoms with Gasteiger partial charge in [-0.05, 0) is 37.5 Å². The van der Waals surface area contributed by atoms with Crippen molar-refractivity contribution in [3.05, 3.63) is 0 Å². The second-order valence-electron chi connectivity index (χ2n) is 5.42. The first kappa shape index (κ1) is 11.0. The zero-order valence-corrected chi connectivity index (χ0v) is 9.91. The summed E-state index contributed by atoms with van der Waals surface area (Å²) in [6, 6.07) is 0. The van der Waals surface area contributed by atoms with Crippen molar-refractivity contribution in [2.45, 2.75) is 51.9 Å². The summed E-state index contributed by atoms with van der Waals surface area (Å²) >= 11 is 0. The third-order valence-corrected chi connectivity index (χ3v) is 4.01. The van der Waals surface area contributed by atoms with E-state index >= 15 is 0 Å². The van der Waals surface area contributed by atoms with Crippen LogP contribution in [0.4, 0.5) is 0 Å². The molecule has 2 saturated carbocycles. The fourth-order valence-electron chi connectivity index (χ4n) is 2.59. The summed E-state index contributed by atoms with van der Waals surface area (Å²) in [4.78, 5) is 4.60. The van der Waals surface area contributed by atoms with Crippen LogP contribution in [0.25, 0.3) is 0 Å². The lowest BCUT2D eigenvalue weighted by Crippen LogP contribution is -2.26. The first-order chi connectivity index (χ1) is 7.27. The Labute approximate surface area is 93.3 Å². The van der Waals surface area contributed by atoms with E-state index < -0.39 is 0 Å². The molecular weight excluding hydrogens is 184 g/mol. The average Bonchev–Trinajstić information content (AvgIpc) is 3.10. The lowest BCUT2D eigenvalue weighted by Gasteiger charge is -2.21. The highest BCUT2D eigenvalue weighted by Gasteiger charge is 2.27. The van der Waals surface area contributed by atoms with Gasteiger partial charge in [-0.3, -0.25) is 4.99 Å². The van der Waals surface area contributed by atoms with Crippen LogP contribution in [-0.2, 0) is 0 Å². The molecule has 86 valence electrons. The molecule has 1 unspecified atom stereocenters. The Morgan fingerprint density at radius 2 is 1.87 bits per heavy atom. The second-order valence-corrected chi connectivity index (χ2v) is 5.42. The molecule has 2 fully saturated rings. The van der Waals surface area contributed by atoms with E-state index in [9.17, 15) is 0 Å². The molecule has 2 heteroatoms. The molecule has 2 N–H and O–H groups in total. The lowest BCUT2D eigenvalue weighted by atomic mass is 9.88. The van der Waals surface area contributed by atoms with Gasteiger partial charge in [-0.25, -0.2) is 0 Å². The maximum atomic E-state index is 6.07. The summed E-state index contributed by atoms with van der Waals surface area (Å²) < 4.78 is 0. The Bertz CT molecular complexity index is 225. The molecule has 0 aromatic heterocycles. The van der Waals surface area contributed by atoms with Crippen LogP contribution in [0.15, 0.2) is 4.99 Å². The van der Waals surface area contributed by atoms with Crippen molar-refractivity contribution in [1.82, 2.24) is 0 Å². The predicted molar refractivity (Wildman–Crippen MR) is 65.0 cm³/mol. The number of aliphatic imine (C=N–C) groups is 1. The van der Waals surface area contributed by atoms with Gasteiger partial charge in [0.1, 0.15) is 0 Å². The van der Waals surface area contributed by atoms with Crippen molar-refractivity contribution < 1.29 is 0 Å². The van der Waals surface area contributed by atoms with Crippen LogP contribution in [0, 0.1) is 17.8 Å². The van der Waals surface area contributed by atoms with Gasteiger partial charge in [-0.2, -0.15) is 0 Å². The van der Waals surface area contributed by atoms with E-state index in [0.717, 1.165) is 24.2 Å². The van der Waals surface area contributed by atoms with Gasteiger partial charge in [0.05, 0.1) is 5.84 Å². The predicted octanol–water partition coefficient (Wildman–Crippen LogP) is 2.97. The average molecular weight is 208 g/mol. The van der Waals surface area contributed by atoms with Crippen LogP contribution < -0.4 is 5.73 Å². The second kappa shape index (κ2) is 5.00. The third-order valence-electron chi connectivity index (χ3n) is 4.01. The van der Waals surface area contributed by atoms with Crippen LogP contribution in [-0.4, -0.2) is 12.4 Å². The summed E-state index contributed by atoms with van der Waals surface area (Å²) in [5.41, 5.74) is 6.07. The fraction of sp³-hybridized carbons (Fsp3) is 0.923. The van der Waals surface area contributed by atoms with Crippen molar-refractivity contribution in [2.75, 3.05) is 6.54 Å². The van der Waals surface area contributed by atoms with E-state index in [0.29, 0.717) is 5.92 Å². The largest absolute Gasteiger partial charge is 0.387 e. The molecule has 2 aliphatic carbocycles. The molecule has 0 spiro atoms. The number of hydrogen-bond acceptors (Lipinski definition) is 1. The monoisotopic (exact) mass is 208 g/mol. The number of rotatable bonds is 4. The van der Waals surface area contributed by atoms with Crippen molar-refractivity contribution in [3.8, 4) is 0 Å². The molecule has 2 nitrogen and oxygen atoms in total. The first-order valence-corrected chi connectivity index (χ1v) is 6.57. The topological polar surface area (TPSA) is 38.4 Å². The van der Waals surface area contributed by atoms with Crippen LogP contribution in [0.2, 0.25) is 0 Å². The van der Waals surface area contributed by atoms with Gasteiger partial charge in [0.2, 0.25) is 0 Å². The normalized spacial score (nSPS) is 26.6. The maximum absolute atomic E-state index is 6.07. The van der Waals surface area contributed by atoms with Gasteiger partial charge >= 0.3 is 0 Å². The van der Waals surface area contributed by atoms with Crippen molar-refractivity contribution >= 4 is 5.84 Å². The Morgan fingerprint density at radius 3 is 2.47 bits per heavy atom. The molecule has 2 aliphatic rings. The minimum atomic E-state index is 0.602. The van der Waals surface area contributed by atoms with Gasteiger partial charge in [0.15, 0.2) is 0 Å². The van der Waals surface area contributed by atoms with Gasteiger partial charge in [0, 0.05) is 12.5 Å². The molecule has 0 aromatic carbocycles. The Hall–Kier alpha value is -0.530. The quantitative estimate of drug-likeness (QED) is 0.560. The van der Waals surface area contributed by atoms with Crippen molar-refractivity contribution in [2.24, 2.45) is 28.5 Å². The standard InChI is InChI=1S/C13H24N2/c1-10(11-7-8-11)9-15-13(14)12-5-3-2-4-6-12/h10-12H,2-9H2,1H3,(H2,14,15). The van der Waals surface area contributed by atoms with Crippen LogP contribution >= 0.6 is 0 Å². The highest BCUT2D eigenvalue weighted by Crippen LogP contribution is 2.36. The van der Waals surface area contributed by atoms with Crippen LogP contribution in [0.5, 0.6) is 0 Å². The van der Waals surface area contributed by atoms with Gasteiger partial charge in [-0.1, -0.05) is 26.2 Å². The maximum Gasteiger partial charge on any atom is 0.0968 e. The van der Waals surface area contributed by atoms with E-state index in [1.807, 2.05) is 0 Å². The number of nitrogens with zero attached hydrogens (tertiary/aromatic N) is 1. The summed E-state index contributed by atoms with van der Waals surface area (Å²) in [5.74, 6) is 3.26. The van der Waals surface area contributed by atoms with E-state index in [1.54, 1.807) is 0 Å². The van der Waals surface area contributed by atoms with Gasteiger partial charge in [-0.15, -0.1) is 0 Å². The molecule has 0 aliphatic heterocycles. The molecule has 2 rings (SSSR count). The van der Waals surface area contributed by atoms with Gasteiger partial charge < -0.3 is 5.73 Å². The smallest absolute Gasteiger partial charge is 0.0968 e. The van der Waals surface area contributed by atoms with Crippen LogP contribution in [0.1, 0.15) is 51.9 Å². The van der Waals surface area contributed by atoms with Crippen LogP contribution in [0.3, 0.4) is 0 Å². The molecule has 1 atom stereocenters. The molecule has 15 heavy (non-hydrogen) atoms.